The second kappa shape index (κ2) is 10.2. The Hall–Kier alpha value is -2.89. The molecule has 186 valence electrons. The van der Waals surface area contributed by atoms with Crippen molar-refractivity contribution >= 4 is 23.4 Å². The molecule has 2 aromatic rings. The number of nitrogens with one attached hydrogen (secondary N) is 3. The number of aryl methyl sites for hydroxylation is 1. The lowest BCUT2D eigenvalue weighted by atomic mass is 9.85. The van der Waals surface area contributed by atoms with Gasteiger partial charge in [-0.15, -0.1) is 0 Å². The number of likely N-dealkylation sites (N-methyl/N-ethyl adjacent to an activating group) is 1. The van der Waals surface area contributed by atoms with E-state index in [4.69, 9.17) is 0 Å². The molecule has 2 fully saturated rings. The van der Waals surface area contributed by atoms with Gasteiger partial charge in [0, 0.05) is 37.9 Å². The Balaban J connectivity index is 1.39. The lowest BCUT2D eigenvalue weighted by Gasteiger charge is -2.24. The van der Waals surface area contributed by atoms with Crippen LogP contribution >= 0.6 is 0 Å². The number of carbonyl (C=O) groups excluding carboxylic acids is 1. The molecule has 0 spiro atoms. The van der Waals surface area contributed by atoms with Gasteiger partial charge in [-0.05, 0) is 46.2 Å². The molecule has 1 aliphatic carbocycles. The van der Waals surface area contributed by atoms with Gasteiger partial charge in [0.05, 0.1) is 17.4 Å². The molecule has 0 aromatic carbocycles. The summed E-state index contributed by atoms with van der Waals surface area (Å²) in [6.07, 6.45) is 2.39. The van der Waals surface area contributed by atoms with E-state index in [-0.39, 0.29) is 36.2 Å². The number of aromatic nitrogens is 4. The number of likely N-dealkylation sites (tertiary alicyclic amines) is 1. The standard InChI is InChI=1S/C22H31F3N8O/c1-14-18(13-33(31-14)16-7-10-32(2)12-16)29-21-28-11-17(22(23,24)25)19(30-21)26-8-4-9-27-20(34)15-5-3-6-15/h11,13,15-16H,3-10,12H2,1-2H3,(H,27,34)(H2,26,28,29,30). The molecule has 34 heavy (non-hydrogen) atoms. The summed E-state index contributed by atoms with van der Waals surface area (Å²) in [7, 11) is 2.06. The Morgan fingerprint density at radius 1 is 1.24 bits per heavy atom. The van der Waals surface area contributed by atoms with Crippen molar-refractivity contribution < 1.29 is 18.0 Å². The first kappa shape index (κ1) is 24.2. The highest BCUT2D eigenvalue weighted by Crippen LogP contribution is 2.34. The predicted molar refractivity (Wildman–Crippen MR) is 122 cm³/mol. The molecule has 0 bridgehead atoms. The molecule has 1 saturated carbocycles. The minimum atomic E-state index is -4.59. The van der Waals surface area contributed by atoms with Gasteiger partial charge in [0.25, 0.3) is 0 Å². The summed E-state index contributed by atoms with van der Waals surface area (Å²) in [4.78, 5) is 22.1. The highest BCUT2D eigenvalue weighted by Gasteiger charge is 2.35. The van der Waals surface area contributed by atoms with Gasteiger partial charge in [0.15, 0.2) is 0 Å². The summed E-state index contributed by atoms with van der Waals surface area (Å²) in [6, 6.07) is 0.259. The monoisotopic (exact) mass is 480 g/mol. The van der Waals surface area contributed by atoms with Gasteiger partial charge < -0.3 is 20.9 Å². The van der Waals surface area contributed by atoms with E-state index in [0.29, 0.717) is 18.7 Å². The van der Waals surface area contributed by atoms with Gasteiger partial charge in [-0.3, -0.25) is 9.48 Å². The molecule has 2 aromatic heterocycles. The molecule has 1 saturated heterocycles. The molecule has 9 nitrogen and oxygen atoms in total. The van der Waals surface area contributed by atoms with Crippen LogP contribution in [0.1, 0.15) is 49.4 Å². The van der Waals surface area contributed by atoms with Crippen molar-refractivity contribution in [1.29, 1.82) is 0 Å². The van der Waals surface area contributed by atoms with Crippen molar-refractivity contribution in [3.63, 3.8) is 0 Å². The van der Waals surface area contributed by atoms with Crippen LogP contribution in [0.3, 0.4) is 0 Å². The van der Waals surface area contributed by atoms with Crippen LogP contribution in [0.5, 0.6) is 0 Å². The molecule has 1 amide bonds. The van der Waals surface area contributed by atoms with Crippen molar-refractivity contribution in [2.45, 2.75) is 51.2 Å². The molecule has 1 atom stereocenters. The number of rotatable bonds is 9. The first-order valence-corrected chi connectivity index (χ1v) is 11.7. The minimum absolute atomic E-state index is 0.0240. The van der Waals surface area contributed by atoms with Crippen molar-refractivity contribution in [3.8, 4) is 0 Å². The third-order valence-corrected chi connectivity index (χ3v) is 6.42. The molecule has 12 heteroatoms. The zero-order valence-corrected chi connectivity index (χ0v) is 19.5. The van der Waals surface area contributed by atoms with Crippen molar-refractivity contribution in [3.05, 3.63) is 23.7 Å². The normalized spacial score (nSPS) is 19.1. The summed E-state index contributed by atoms with van der Waals surface area (Å²) >= 11 is 0. The second-order valence-electron chi connectivity index (χ2n) is 9.09. The van der Waals surface area contributed by atoms with Crippen LogP contribution in [-0.4, -0.2) is 63.8 Å². The van der Waals surface area contributed by atoms with Gasteiger partial charge in [-0.1, -0.05) is 6.42 Å². The SMILES string of the molecule is Cc1nn(C2CCN(C)C2)cc1Nc1ncc(C(F)(F)F)c(NCCCNC(=O)C2CCC2)n1. The van der Waals surface area contributed by atoms with Crippen molar-refractivity contribution in [2.75, 3.05) is 43.9 Å². The van der Waals surface area contributed by atoms with E-state index < -0.39 is 11.7 Å². The van der Waals surface area contributed by atoms with Crippen molar-refractivity contribution in [2.24, 2.45) is 5.92 Å². The molecule has 0 radical (unpaired) electrons. The third-order valence-electron chi connectivity index (χ3n) is 6.42. The van der Waals surface area contributed by atoms with Crippen molar-refractivity contribution in [1.82, 2.24) is 30.0 Å². The van der Waals surface area contributed by atoms with Gasteiger partial charge in [0.1, 0.15) is 11.4 Å². The van der Waals surface area contributed by atoms with Crippen LogP contribution in [0.4, 0.5) is 30.6 Å². The Kier molecular flexibility index (Phi) is 7.24. The number of nitrogens with zero attached hydrogens (tertiary/aromatic N) is 5. The molecule has 3 N–H and O–H groups in total. The first-order chi connectivity index (χ1) is 16.2. The van der Waals surface area contributed by atoms with E-state index >= 15 is 0 Å². The van der Waals surface area contributed by atoms with E-state index in [1.807, 2.05) is 17.8 Å². The topological polar surface area (TPSA) is 100 Å². The maximum Gasteiger partial charge on any atom is 0.421 e. The van der Waals surface area contributed by atoms with Crippen LogP contribution in [0.15, 0.2) is 12.4 Å². The summed E-state index contributed by atoms with van der Waals surface area (Å²) < 4.78 is 42.3. The molecular formula is C22H31F3N8O. The van der Waals surface area contributed by atoms with Gasteiger partial charge >= 0.3 is 6.18 Å². The fourth-order valence-electron chi connectivity index (χ4n) is 4.15. The Bertz CT molecular complexity index is 1000. The Morgan fingerprint density at radius 2 is 2.03 bits per heavy atom. The average Bonchev–Trinajstić information content (AvgIpc) is 3.31. The van der Waals surface area contributed by atoms with E-state index in [9.17, 15) is 18.0 Å². The Morgan fingerprint density at radius 3 is 2.68 bits per heavy atom. The molecule has 3 heterocycles. The average molecular weight is 481 g/mol. The largest absolute Gasteiger partial charge is 0.421 e. The summed E-state index contributed by atoms with van der Waals surface area (Å²) in [5, 5.41) is 13.1. The number of anilines is 3. The van der Waals surface area contributed by atoms with Gasteiger partial charge in [-0.2, -0.15) is 23.3 Å². The molecule has 1 unspecified atom stereocenters. The fourth-order valence-corrected chi connectivity index (χ4v) is 4.15. The summed E-state index contributed by atoms with van der Waals surface area (Å²) in [6.45, 7) is 4.35. The predicted octanol–water partition coefficient (Wildman–Crippen LogP) is 3.34. The molecule has 4 rings (SSSR count). The van der Waals surface area contributed by atoms with Gasteiger partial charge in [-0.25, -0.2) is 4.98 Å². The van der Waals surface area contributed by atoms with Crippen LogP contribution in [0.2, 0.25) is 0 Å². The molecule has 2 aliphatic rings. The zero-order chi connectivity index (χ0) is 24.3. The third kappa shape index (κ3) is 5.78. The number of hydrogen-bond donors (Lipinski definition) is 3. The number of halogens is 3. The molecular weight excluding hydrogens is 449 g/mol. The smallest absolute Gasteiger partial charge is 0.369 e. The summed E-state index contributed by atoms with van der Waals surface area (Å²) in [5.74, 6) is -0.128. The quantitative estimate of drug-likeness (QED) is 0.474. The number of alkyl halides is 3. The Labute approximate surface area is 196 Å². The summed E-state index contributed by atoms with van der Waals surface area (Å²) in [5.41, 5.74) is 0.437. The first-order valence-electron chi connectivity index (χ1n) is 11.7. The lowest BCUT2D eigenvalue weighted by Crippen LogP contribution is -2.35. The van der Waals surface area contributed by atoms with Crippen LogP contribution in [0.25, 0.3) is 0 Å². The van der Waals surface area contributed by atoms with Crippen LogP contribution < -0.4 is 16.0 Å². The fraction of sp³-hybridized carbons (Fsp3) is 0.636. The van der Waals surface area contributed by atoms with Crippen LogP contribution in [-0.2, 0) is 11.0 Å². The highest BCUT2D eigenvalue weighted by molar-refractivity contribution is 5.79. The number of hydrogen-bond acceptors (Lipinski definition) is 7. The molecule has 1 aliphatic heterocycles. The zero-order valence-electron chi connectivity index (χ0n) is 19.5. The lowest BCUT2D eigenvalue weighted by molar-refractivity contribution is -0.137. The van der Waals surface area contributed by atoms with E-state index in [2.05, 4.69) is 43.0 Å². The minimum Gasteiger partial charge on any atom is -0.369 e. The van der Waals surface area contributed by atoms with E-state index in [1.165, 1.54) is 0 Å². The van der Waals surface area contributed by atoms with E-state index in [0.717, 1.165) is 50.7 Å². The maximum absolute atomic E-state index is 13.5. The second-order valence-corrected chi connectivity index (χ2v) is 9.09. The number of amides is 1. The van der Waals surface area contributed by atoms with Gasteiger partial charge in [0.2, 0.25) is 11.9 Å². The maximum atomic E-state index is 13.5. The highest BCUT2D eigenvalue weighted by atomic mass is 19.4. The van der Waals surface area contributed by atoms with E-state index in [1.54, 1.807) is 0 Å². The number of carbonyl (C=O) groups is 1. The van der Waals surface area contributed by atoms with Crippen LogP contribution in [0, 0.1) is 12.8 Å².